The number of nitrogens with zero attached hydrogens (tertiary/aromatic N) is 2. The molecule has 0 unspecified atom stereocenters. The molecule has 1 aromatic heterocycles. The molecule has 0 spiro atoms. The molecule has 3 rings (SSSR count). The number of aromatic nitrogens is 1. The van der Waals surface area contributed by atoms with E-state index in [0.29, 0.717) is 24.3 Å². The number of nitrogens with one attached hydrogen (secondary N) is 1. The van der Waals surface area contributed by atoms with Crippen molar-refractivity contribution in [3.05, 3.63) is 89.5 Å². The maximum absolute atomic E-state index is 10.5. The molecule has 1 amide bonds. The van der Waals surface area contributed by atoms with Gasteiger partial charge < -0.3 is 20.0 Å². The summed E-state index contributed by atoms with van der Waals surface area (Å²) in [6.07, 6.45) is 1.49. The number of methoxy groups -OCH3 is 2. The van der Waals surface area contributed by atoms with Gasteiger partial charge in [-0.05, 0) is 23.3 Å². The first-order valence-corrected chi connectivity index (χ1v) is 9.39. The van der Waals surface area contributed by atoms with Crippen LogP contribution < -0.4 is 20.3 Å². The zero-order chi connectivity index (χ0) is 21.8. The van der Waals surface area contributed by atoms with E-state index >= 15 is 0 Å². The second kappa shape index (κ2) is 12.0. The summed E-state index contributed by atoms with van der Waals surface area (Å²) in [5.74, 6) is 1.47. The molecule has 0 saturated carbocycles. The Morgan fingerprint density at radius 2 is 1.63 bits per heavy atom. The number of hydrogen-bond acceptors (Lipinski definition) is 5. The molecule has 2 N–H and O–H groups in total. The van der Waals surface area contributed by atoms with Crippen LogP contribution in [0.25, 0.3) is 0 Å². The first kappa shape index (κ1) is 22.5. The van der Waals surface area contributed by atoms with Crippen LogP contribution in [-0.4, -0.2) is 30.1 Å². The van der Waals surface area contributed by atoms with Crippen LogP contribution in [0.3, 0.4) is 0 Å². The predicted octanol–water partition coefficient (Wildman–Crippen LogP) is 3.17. The minimum Gasteiger partial charge on any atom is -0.497 e. The van der Waals surface area contributed by atoms with Gasteiger partial charge in [-0.25, -0.2) is 0 Å². The Bertz CT molecular complexity index is 983. The summed E-state index contributed by atoms with van der Waals surface area (Å²) in [6.45, 7) is 2.61. The van der Waals surface area contributed by atoms with Gasteiger partial charge in [-0.3, -0.25) is 9.79 Å². The average Bonchev–Trinajstić information content (AvgIpc) is 2.78. The quantitative estimate of drug-likeness (QED) is 0.613. The zero-order valence-corrected chi connectivity index (χ0v) is 17.4. The Labute approximate surface area is 176 Å². The first-order chi connectivity index (χ1) is 14.5. The highest BCUT2D eigenvalue weighted by Crippen LogP contribution is 2.11. The molecule has 0 radical (unpaired) electrons. The first-order valence-electron chi connectivity index (χ1n) is 9.39. The fraction of sp³-hybridized carbons (Fsp3) is 0.217. The standard InChI is InChI=1S/C14H16N2O3.C9H11NO/c1-18-12-5-3-11(4-6-12)10-15-14-9-13(19-2)7-8-16(14)17;1-8(11)10-7-9-5-3-2-4-6-9/h3-9,17H,10H2,1-2H3;2-6H,7H2,1H3,(H,10,11). The maximum atomic E-state index is 10.5. The second-order valence-corrected chi connectivity index (χ2v) is 6.33. The lowest BCUT2D eigenvalue weighted by molar-refractivity contribution is -0.119. The second-order valence-electron chi connectivity index (χ2n) is 6.33. The third-order valence-electron chi connectivity index (χ3n) is 4.09. The van der Waals surface area contributed by atoms with E-state index in [2.05, 4.69) is 10.3 Å². The Morgan fingerprint density at radius 1 is 0.967 bits per heavy atom. The maximum Gasteiger partial charge on any atom is 0.217 e. The van der Waals surface area contributed by atoms with Crippen molar-refractivity contribution in [3.63, 3.8) is 0 Å². The van der Waals surface area contributed by atoms with Gasteiger partial charge in [0.2, 0.25) is 5.91 Å². The van der Waals surface area contributed by atoms with Gasteiger partial charge in [0.05, 0.1) is 20.8 Å². The fourth-order valence-electron chi connectivity index (χ4n) is 2.43. The molecule has 0 saturated heterocycles. The van der Waals surface area contributed by atoms with E-state index in [9.17, 15) is 10.0 Å². The van der Waals surface area contributed by atoms with E-state index < -0.39 is 0 Å². The van der Waals surface area contributed by atoms with Crippen LogP contribution in [0.4, 0.5) is 0 Å². The highest BCUT2D eigenvalue weighted by molar-refractivity contribution is 5.72. The lowest BCUT2D eigenvalue weighted by Gasteiger charge is -2.03. The molecule has 3 aromatic rings. The van der Waals surface area contributed by atoms with Gasteiger partial charge in [0.25, 0.3) is 0 Å². The molecule has 30 heavy (non-hydrogen) atoms. The smallest absolute Gasteiger partial charge is 0.217 e. The van der Waals surface area contributed by atoms with Crippen molar-refractivity contribution < 1.29 is 19.5 Å². The SMILES string of the molecule is CC(=O)NCc1ccccc1.COc1ccc(CN=c2cc(OC)ccn2O)cc1. The van der Waals surface area contributed by atoms with Gasteiger partial charge in [0, 0.05) is 31.8 Å². The van der Waals surface area contributed by atoms with Gasteiger partial charge >= 0.3 is 0 Å². The third-order valence-corrected chi connectivity index (χ3v) is 4.09. The molecule has 0 bridgehead atoms. The normalized spacial score (nSPS) is 10.6. The molecule has 0 aliphatic heterocycles. The number of carbonyl (C=O) groups excluding carboxylic acids is 1. The largest absolute Gasteiger partial charge is 0.497 e. The Morgan fingerprint density at radius 3 is 2.23 bits per heavy atom. The van der Waals surface area contributed by atoms with Gasteiger partial charge in [0.15, 0.2) is 5.49 Å². The van der Waals surface area contributed by atoms with Gasteiger partial charge in [-0.1, -0.05) is 42.5 Å². The minimum atomic E-state index is 0.00820. The lowest BCUT2D eigenvalue weighted by atomic mass is 10.2. The fourth-order valence-corrected chi connectivity index (χ4v) is 2.43. The average molecular weight is 409 g/mol. The summed E-state index contributed by atoms with van der Waals surface area (Å²) in [7, 11) is 3.20. The molecule has 0 fully saturated rings. The number of hydrogen-bond donors (Lipinski definition) is 2. The van der Waals surface area contributed by atoms with Crippen LogP contribution in [0, 0.1) is 0 Å². The Kier molecular flexibility index (Phi) is 8.99. The zero-order valence-electron chi connectivity index (χ0n) is 17.4. The van der Waals surface area contributed by atoms with Crippen LogP contribution in [0.5, 0.6) is 11.5 Å². The van der Waals surface area contributed by atoms with Crippen molar-refractivity contribution in [3.8, 4) is 11.5 Å². The van der Waals surface area contributed by atoms with Crippen LogP contribution in [0.15, 0.2) is 77.9 Å². The number of carbonyl (C=O) groups is 1. The van der Waals surface area contributed by atoms with Crippen molar-refractivity contribution in [2.24, 2.45) is 4.99 Å². The number of rotatable bonds is 6. The topological polar surface area (TPSA) is 85.1 Å². The highest BCUT2D eigenvalue weighted by atomic mass is 16.5. The summed E-state index contributed by atoms with van der Waals surface area (Å²) >= 11 is 0. The third kappa shape index (κ3) is 7.71. The molecule has 7 heteroatoms. The van der Waals surface area contributed by atoms with Crippen molar-refractivity contribution >= 4 is 5.91 Å². The monoisotopic (exact) mass is 409 g/mol. The molecular formula is C23H27N3O4. The van der Waals surface area contributed by atoms with Crippen molar-refractivity contribution in [1.82, 2.24) is 10.0 Å². The van der Waals surface area contributed by atoms with E-state index in [-0.39, 0.29) is 5.91 Å². The molecule has 0 atom stereocenters. The van der Waals surface area contributed by atoms with Crippen LogP contribution in [-0.2, 0) is 17.9 Å². The molecule has 158 valence electrons. The highest BCUT2D eigenvalue weighted by Gasteiger charge is 1.96. The summed E-state index contributed by atoms with van der Waals surface area (Å²) in [6, 6.07) is 20.8. The van der Waals surface area contributed by atoms with Crippen LogP contribution in [0.1, 0.15) is 18.1 Å². The van der Waals surface area contributed by atoms with Crippen LogP contribution >= 0.6 is 0 Å². The summed E-state index contributed by atoms with van der Waals surface area (Å²) in [5, 5.41) is 12.4. The van der Waals surface area contributed by atoms with E-state index in [1.54, 1.807) is 26.4 Å². The Balaban J connectivity index is 0.000000248. The van der Waals surface area contributed by atoms with Gasteiger partial charge in [0.1, 0.15) is 11.5 Å². The predicted molar refractivity (Wildman–Crippen MR) is 114 cm³/mol. The number of amides is 1. The lowest BCUT2D eigenvalue weighted by Crippen LogP contribution is -2.18. The number of benzene rings is 2. The van der Waals surface area contributed by atoms with Crippen LogP contribution in [0.2, 0.25) is 0 Å². The van der Waals surface area contributed by atoms with Gasteiger partial charge in [-0.2, -0.15) is 4.73 Å². The van der Waals surface area contributed by atoms with Crippen molar-refractivity contribution in [2.45, 2.75) is 20.0 Å². The Hall–Kier alpha value is -3.74. The van der Waals surface area contributed by atoms with Crippen molar-refractivity contribution in [1.29, 1.82) is 0 Å². The molecule has 0 aliphatic rings. The molecule has 7 nitrogen and oxygen atoms in total. The van der Waals surface area contributed by atoms with Crippen molar-refractivity contribution in [2.75, 3.05) is 14.2 Å². The van der Waals surface area contributed by atoms with E-state index in [1.165, 1.54) is 13.1 Å². The minimum absolute atomic E-state index is 0.00820. The van der Waals surface area contributed by atoms with E-state index in [4.69, 9.17) is 9.47 Å². The molecule has 0 aliphatic carbocycles. The van der Waals surface area contributed by atoms with E-state index in [0.717, 1.165) is 21.6 Å². The summed E-state index contributed by atoms with van der Waals surface area (Å²) in [5.41, 5.74) is 2.60. The molecule has 1 heterocycles. The summed E-state index contributed by atoms with van der Waals surface area (Å²) in [4.78, 5) is 14.8. The molecule has 2 aromatic carbocycles. The van der Waals surface area contributed by atoms with E-state index in [1.807, 2.05) is 54.6 Å². The molecular weight excluding hydrogens is 382 g/mol. The van der Waals surface area contributed by atoms with Gasteiger partial charge in [-0.15, -0.1) is 0 Å². The number of ether oxygens (including phenoxy) is 2. The summed E-state index contributed by atoms with van der Waals surface area (Å²) < 4.78 is 11.1. The number of pyridine rings is 1.